The van der Waals surface area contributed by atoms with E-state index in [0.717, 1.165) is 13.0 Å². The van der Waals surface area contributed by atoms with Crippen molar-refractivity contribution in [2.45, 2.75) is 65.1 Å². The summed E-state index contributed by atoms with van der Waals surface area (Å²) in [6.07, 6.45) is 1.82. The summed E-state index contributed by atoms with van der Waals surface area (Å²) in [5.41, 5.74) is -0.175. The van der Waals surface area contributed by atoms with Crippen LogP contribution < -0.4 is 10.6 Å². The molecule has 0 saturated heterocycles. The second kappa shape index (κ2) is 5.83. The number of aliphatic hydroxyl groups excluding tert-OH is 1. The maximum absolute atomic E-state index is 11.7. The highest BCUT2D eigenvalue weighted by atomic mass is 16.3. The molecule has 1 amide bonds. The zero-order valence-electron chi connectivity index (χ0n) is 11.4. The SMILES string of the molecule is CC(C)NCCCC(=O)NC1CC(O)C1(C)C. The van der Waals surface area contributed by atoms with Crippen LogP contribution in [0.4, 0.5) is 0 Å². The van der Waals surface area contributed by atoms with Gasteiger partial charge in [0.2, 0.25) is 5.91 Å². The molecule has 1 rings (SSSR count). The van der Waals surface area contributed by atoms with Crippen LogP contribution in [-0.2, 0) is 4.79 Å². The van der Waals surface area contributed by atoms with Crippen LogP contribution in [0.5, 0.6) is 0 Å². The molecule has 100 valence electrons. The summed E-state index contributed by atoms with van der Waals surface area (Å²) in [6.45, 7) is 9.05. The van der Waals surface area contributed by atoms with E-state index in [1.807, 2.05) is 13.8 Å². The molecule has 2 atom stereocenters. The number of hydrogen-bond donors (Lipinski definition) is 3. The van der Waals surface area contributed by atoms with Crippen LogP contribution in [0.1, 0.15) is 47.0 Å². The minimum absolute atomic E-state index is 0.0977. The lowest BCUT2D eigenvalue weighted by Gasteiger charge is -2.49. The van der Waals surface area contributed by atoms with Crippen LogP contribution >= 0.6 is 0 Å². The van der Waals surface area contributed by atoms with Gasteiger partial charge in [0.1, 0.15) is 0 Å². The zero-order chi connectivity index (χ0) is 13.1. The van der Waals surface area contributed by atoms with E-state index >= 15 is 0 Å². The molecule has 4 heteroatoms. The third-order valence-electron chi connectivity index (χ3n) is 3.68. The third-order valence-corrected chi connectivity index (χ3v) is 3.68. The highest BCUT2D eigenvalue weighted by Crippen LogP contribution is 2.40. The van der Waals surface area contributed by atoms with Gasteiger partial charge in [-0.05, 0) is 19.4 Å². The molecule has 1 aliphatic carbocycles. The van der Waals surface area contributed by atoms with Gasteiger partial charge in [0, 0.05) is 23.9 Å². The zero-order valence-corrected chi connectivity index (χ0v) is 11.4. The molecule has 1 fully saturated rings. The van der Waals surface area contributed by atoms with Gasteiger partial charge in [0.05, 0.1) is 6.10 Å². The summed E-state index contributed by atoms with van der Waals surface area (Å²) in [5.74, 6) is 0.0977. The van der Waals surface area contributed by atoms with Gasteiger partial charge in [-0.2, -0.15) is 0 Å². The van der Waals surface area contributed by atoms with Crippen LogP contribution in [0.3, 0.4) is 0 Å². The molecule has 1 aliphatic rings. The molecule has 0 aromatic rings. The van der Waals surface area contributed by atoms with Gasteiger partial charge >= 0.3 is 0 Å². The predicted molar refractivity (Wildman–Crippen MR) is 68.7 cm³/mol. The molecular weight excluding hydrogens is 216 g/mol. The lowest BCUT2D eigenvalue weighted by molar-refractivity contribution is -0.129. The quantitative estimate of drug-likeness (QED) is 0.610. The van der Waals surface area contributed by atoms with Gasteiger partial charge < -0.3 is 15.7 Å². The van der Waals surface area contributed by atoms with Crippen molar-refractivity contribution in [3.8, 4) is 0 Å². The second-order valence-electron chi connectivity index (χ2n) is 5.91. The van der Waals surface area contributed by atoms with E-state index in [0.29, 0.717) is 18.9 Å². The Morgan fingerprint density at radius 2 is 2.12 bits per heavy atom. The molecule has 0 spiro atoms. The van der Waals surface area contributed by atoms with Crippen molar-refractivity contribution in [1.29, 1.82) is 0 Å². The second-order valence-corrected chi connectivity index (χ2v) is 5.91. The maximum atomic E-state index is 11.7. The number of nitrogens with one attached hydrogen (secondary N) is 2. The fourth-order valence-corrected chi connectivity index (χ4v) is 2.05. The van der Waals surface area contributed by atoms with Gasteiger partial charge in [-0.1, -0.05) is 27.7 Å². The van der Waals surface area contributed by atoms with Crippen molar-refractivity contribution in [3.05, 3.63) is 0 Å². The summed E-state index contributed by atoms with van der Waals surface area (Å²) >= 11 is 0. The molecule has 3 N–H and O–H groups in total. The molecule has 0 heterocycles. The lowest BCUT2D eigenvalue weighted by atomic mass is 9.64. The Hall–Kier alpha value is -0.610. The predicted octanol–water partition coefficient (Wildman–Crippen LogP) is 1.04. The number of amides is 1. The number of carbonyl (C=O) groups is 1. The van der Waals surface area contributed by atoms with Crippen molar-refractivity contribution >= 4 is 5.91 Å². The molecule has 2 unspecified atom stereocenters. The van der Waals surface area contributed by atoms with E-state index in [1.165, 1.54) is 0 Å². The van der Waals surface area contributed by atoms with Crippen molar-refractivity contribution in [3.63, 3.8) is 0 Å². The normalized spacial score (nSPS) is 26.7. The first-order chi connectivity index (χ1) is 7.84. The molecule has 0 aromatic heterocycles. The molecule has 0 bridgehead atoms. The van der Waals surface area contributed by atoms with E-state index in [2.05, 4.69) is 24.5 Å². The Morgan fingerprint density at radius 1 is 1.47 bits per heavy atom. The number of rotatable bonds is 6. The molecular formula is C13H26N2O2. The number of carbonyl (C=O) groups excluding carboxylic acids is 1. The summed E-state index contributed by atoms with van der Waals surface area (Å²) < 4.78 is 0. The average molecular weight is 242 g/mol. The topological polar surface area (TPSA) is 61.4 Å². The minimum Gasteiger partial charge on any atom is -0.392 e. The Morgan fingerprint density at radius 3 is 2.59 bits per heavy atom. The van der Waals surface area contributed by atoms with E-state index in [-0.39, 0.29) is 23.5 Å². The van der Waals surface area contributed by atoms with Crippen molar-refractivity contribution in [2.24, 2.45) is 5.41 Å². The highest BCUT2D eigenvalue weighted by molar-refractivity contribution is 5.76. The van der Waals surface area contributed by atoms with Crippen LogP contribution in [0.25, 0.3) is 0 Å². The lowest BCUT2D eigenvalue weighted by Crippen LogP contribution is -2.61. The molecule has 0 aromatic carbocycles. The Bertz CT molecular complexity index is 264. The fraction of sp³-hybridized carbons (Fsp3) is 0.923. The van der Waals surface area contributed by atoms with Crippen LogP contribution in [-0.4, -0.2) is 35.7 Å². The summed E-state index contributed by atoms with van der Waals surface area (Å²) in [7, 11) is 0. The summed E-state index contributed by atoms with van der Waals surface area (Å²) in [4.78, 5) is 11.7. The average Bonchev–Trinajstić information content (AvgIpc) is 2.24. The maximum Gasteiger partial charge on any atom is 0.220 e. The van der Waals surface area contributed by atoms with Crippen molar-refractivity contribution in [2.75, 3.05) is 6.54 Å². The number of aliphatic hydroxyl groups is 1. The van der Waals surface area contributed by atoms with E-state index < -0.39 is 0 Å². The summed E-state index contributed by atoms with van der Waals surface area (Å²) in [5, 5.41) is 15.9. The Balaban J connectivity index is 2.14. The molecule has 17 heavy (non-hydrogen) atoms. The Kier molecular flexibility index (Phi) is 4.95. The van der Waals surface area contributed by atoms with Crippen LogP contribution in [0.2, 0.25) is 0 Å². The minimum atomic E-state index is -0.282. The van der Waals surface area contributed by atoms with Gasteiger partial charge in [-0.3, -0.25) is 4.79 Å². The Labute approximate surface area is 104 Å². The highest BCUT2D eigenvalue weighted by Gasteiger charge is 2.47. The van der Waals surface area contributed by atoms with E-state index in [1.54, 1.807) is 0 Å². The smallest absolute Gasteiger partial charge is 0.220 e. The van der Waals surface area contributed by atoms with Gasteiger partial charge in [-0.25, -0.2) is 0 Å². The van der Waals surface area contributed by atoms with Gasteiger partial charge in [-0.15, -0.1) is 0 Å². The van der Waals surface area contributed by atoms with Gasteiger partial charge in [0.15, 0.2) is 0 Å². The molecule has 4 nitrogen and oxygen atoms in total. The van der Waals surface area contributed by atoms with Crippen LogP contribution in [0, 0.1) is 5.41 Å². The first-order valence-electron chi connectivity index (χ1n) is 6.55. The van der Waals surface area contributed by atoms with Crippen LogP contribution in [0.15, 0.2) is 0 Å². The summed E-state index contributed by atoms with van der Waals surface area (Å²) in [6, 6.07) is 0.599. The first kappa shape index (κ1) is 14.5. The molecule has 1 saturated carbocycles. The number of hydrogen-bond acceptors (Lipinski definition) is 3. The first-order valence-corrected chi connectivity index (χ1v) is 6.55. The van der Waals surface area contributed by atoms with Crippen molar-refractivity contribution in [1.82, 2.24) is 10.6 Å². The van der Waals surface area contributed by atoms with Gasteiger partial charge in [0.25, 0.3) is 0 Å². The molecule has 0 radical (unpaired) electrons. The largest absolute Gasteiger partial charge is 0.392 e. The standard InChI is InChI=1S/C13H26N2O2/c1-9(2)14-7-5-6-12(17)15-10-8-11(16)13(10,3)4/h9-11,14,16H,5-8H2,1-4H3,(H,15,17). The van der Waals surface area contributed by atoms with E-state index in [9.17, 15) is 9.90 Å². The monoisotopic (exact) mass is 242 g/mol. The molecule has 0 aliphatic heterocycles. The van der Waals surface area contributed by atoms with Crippen molar-refractivity contribution < 1.29 is 9.90 Å². The van der Waals surface area contributed by atoms with E-state index in [4.69, 9.17) is 0 Å². The fourth-order valence-electron chi connectivity index (χ4n) is 2.05. The third kappa shape index (κ3) is 3.96.